The Labute approximate surface area is 89.7 Å². The van der Waals surface area contributed by atoms with Crippen molar-refractivity contribution < 1.29 is 0 Å². The van der Waals surface area contributed by atoms with Crippen LogP contribution in [0.5, 0.6) is 0 Å². The molecule has 14 heavy (non-hydrogen) atoms. The molecule has 0 heterocycles. The first-order valence-electron chi connectivity index (χ1n) is 6.52. The van der Waals surface area contributed by atoms with Crippen LogP contribution in [0.3, 0.4) is 0 Å². The molecule has 0 spiro atoms. The van der Waals surface area contributed by atoms with E-state index in [-0.39, 0.29) is 0 Å². The highest BCUT2D eigenvalue weighted by atomic mass is 14.9. The van der Waals surface area contributed by atoms with Crippen LogP contribution in [0, 0.1) is 5.92 Å². The van der Waals surface area contributed by atoms with Gasteiger partial charge in [0.1, 0.15) is 0 Å². The molecular formula is C13H27N. The van der Waals surface area contributed by atoms with E-state index in [1.807, 2.05) is 0 Å². The average molecular weight is 197 g/mol. The van der Waals surface area contributed by atoms with Gasteiger partial charge in [-0.25, -0.2) is 0 Å². The van der Waals surface area contributed by atoms with Crippen LogP contribution in [0.2, 0.25) is 0 Å². The predicted molar refractivity (Wildman–Crippen MR) is 63.6 cm³/mol. The fraction of sp³-hybridized carbons (Fsp3) is 1.00. The molecule has 0 aromatic heterocycles. The van der Waals surface area contributed by atoms with Gasteiger partial charge in [-0.15, -0.1) is 0 Å². The Morgan fingerprint density at radius 3 is 2.29 bits per heavy atom. The maximum absolute atomic E-state index is 3.72. The van der Waals surface area contributed by atoms with Crippen LogP contribution < -0.4 is 5.32 Å². The van der Waals surface area contributed by atoms with Crippen molar-refractivity contribution in [1.29, 1.82) is 0 Å². The summed E-state index contributed by atoms with van der Waals surface area (Å²) < 4.78 is 0. The van der Waals surface area contributed by atoms with Crippen LogP contribution in [-0.2, 0) is 0 Å². The minimum Gasteiger partial charge on any atom is -0.314 e. The van der Waals surface area contributed by atoms with Gasteiger partial charge in [0.05, 0.1) is 0 Å². The lowest BCUT2D eigenvalue weighted by molar-refractivity contribution is 0.437. The van der Waals surface area contributed by atoms with Crippen LogP contribution in [0.25, 0.3) is 0 Å². The first-order chi connectivity index (χ1) is 6.79. The van der Waals surface area contributed by atoms with Crippen LogP contribution in [0.1, 0.15) is 65.2 Å². The third kappa shape index (κ3) is 5.64. The van der Waals surface area contributed by atoms with Crippen molar-refractivity contribution in [2.45, 2.75) is 71.3 Å². The quantitative estimate of drug-likeness (QED) is 0.523. The number of rotatable bonds is 5. The molecule has 0 saturated heterocycles. The van der Waals surface area contributed by atoms with E-state index in [1.165, 1.54) is 57.9 Å². The van der Waals surface area contributed by atoms with Crippen LogP contribution in [0.15, 0.2) is 0 Å². The van der Waals surface area contributed by atoms with Gasteiger partial charge in [-0.05, 0) is 38.1 Å². The van der Waals surface area contributed by atoms with Crippen LogP contribution in [-0.4, -0.2) is 12.6 Å². The van der Waals surface area contributed by atoms with Crippen molar-refractivity contribution in [3.05, 3.63) is 0 Å². The van der Waals surface area contributed by atoms with E-state index in [1.54, 1.807) is 0 Å². The van der Waals surface area contributed by atoms with Gasteiger partial charge in [0.25, 0.3) is 0 Å². The molecule has 1 rings (SSSR count). The molecule has 0 aromatic carbocycles. The summed E-state index contributed by atoms with van der Waals surface area (Å²) in [6.45, 7) is 5.86. The highest BCUT2D eigenvalue weighted by Gasteiger charge is 2.10. The Hall–Kier alpha value is -0.0400. The Morgan fingerprint density at radius 2 is 1.71 bits per heavy atom. The van der Waals surface area contributed by atoms with Gasteiger partial charge in [0.2, 0.25) is 0 Å². The molecule has 0 radical (unpaired) electrons. The van der Waals surface area contributed by atoms with E-state index < -0.39 is 0 Å². The van der Waals surface area contributed by atoms with Crippen LogP contribution >= 0.6 is 0 Å². The number of nitrogens with one attached hydrogen (secondary N) is 1. The summed E-state index contributed by atoms with van der Waals surface area (Å²) >= 11 is 0. The summed E-state index contributed by atoms with van der Waals surface area (Å²) in [6, 6.07) is 0.838. The van der Waals surface area contributed by atoms with Crippen LogP contribution in [0.4, 0.5) is 0 Å². The molecule has 84 valence electrons. The molecule has 1 saturated carbocycles. The maximum atomic E-state index is 3.72. The van der Waals surface area contributed by atoms with E-state index in [2.05, 4.69) is 19.2 Å². The molecule has 1 aliphatic rings. The van der Waals surface area contributed by atoms with Crippen molar-refractivity contribution in [3.63, 3.8) is 0 Å². The molecule has 1 fully saturated rings. The monoisotopic (exact) mass is 197 g/mol. The van der Waals surface area contributed by atoms with Crippen molar-refractivity contribution in [3.8, 4) is 0 Å². The van der Waals surface area contributed by atoms with Gasteiger partial charge in [0, 0.05) is 6.04 Å². The second-order valence-electron chi connectivity index (χ2n) is 5.18. The first kappa shape index (κ1) is 12.0. The Bertz CT molecular complexity index is 123. The molecule has 0 amide bonds. The lowest BCUT2D eigenvalue weighted by Crippen LogP contribution is -2.29. The molecule has 1 nitrogen and oxygen atoms in total. The fourth-order valence-corrected chi connectivity index (χ4v) is 2.30. The van der Waals surface area contributed by atoms with E-state index in [0.29, 0.717) is 0 Å². The Balaban J connectivity index is 1.99. The number of hydrogen-bond donors (Lipinski definition) is 1. The lowest BCUT2D eigenvalue weighted by Gasteiger charge is -2.16. The molecule has 1 heteroatoms. The molecule has 0 bridgehead atoms. The molecule has 0 unspecified atom stereocenters. The zero-order valence-corrected chi connectivity index (χ0v) is 10.0. The lowest BCUT2D eigenvalue weighted by atomic mass is 10.1. The zero-order valence-electron chi connectivity index (χ0n) is 10.0. The SMILES string of the molecule is CC(C)CCCNC1CCCCCC1. The first-order valence-corrected chi connectivity index (χ1v) is 6.52. The van der Waals surface area contributed by atoms with Crippen molar-refractivity contribution in [2.24, 2.45) is 5.92 Å². The number of hydrogen-bond acceptors (Lipinski definition) is 1. The highest BCUT2D eigenvalue weighted by molar-refractivity contribution is 4.70. The molecule has 1 N–H and O–H groups in total. The molecule has 0 aliphatic heterocycles. The minimum atomic E-state index is 0.838. The summed E-state index contributed by atoms with van der Waals surface area (Å²) in [6.07, 6.45) is 11.4. The largest absolute Gasteiger partial charge is 0.314 e. The molecular weight excluding hydrogens is 170 g/mol. The van der Waals surface area contributed by atoms with E-state index in [0.717, 1.165) is 12.0 Å². The summed E-state index contributed by atoms with van der Waals surface area (Å²) in [5.41, 5.74) is 0. The average Bonchev–Trinajstić information content (AvgIpc) is 2.40. The highest BCUT2D eigenvalue weighted by Crippen LogP contribution is 2.17. The second-order valence-corrected chi connectivity index (χ2v) is 5.18. The molecule has 1 aliphatic carbocycles. The van der Waals surface area contributed by atoms with Gasteiger partial charge in [-0.1, -0.05) is 39.5 Å². The smallest absolute Gasteiger partial charge is 0.00670 e. The maximum Gasteiger partial charge on any atom is 0.00670 e. The van der Waals surface area contributed by atoms with E-state index >= 15 is 0 Å². The van der Waals surface area contributed by atoms with E-state index in [9.17, 15) is 0 Å². The minimum absolute atomic E-state index is 0.838. The topological polar surface area (TPSA) is 12.0 Å². The van der Waals surface area contributed by atoms with Crippen molar-refractivity contribution in [2.75, 3.05) is 6.54 Å². The zero-order chi connectivity index (χ0) is 10.2. The van der Waals surface area contributed by atoms with Gasteiger partial charge in [-0.3, -0.25) is 0 Å². The van der Waals surface area contributed by atoms with Gasteiger partial charge >= 0.3 is 0 Å². The molecule has 0 aromatic rings. The predicted octanol–water partition coefficient (Wildman–Crippen LogP) is 3.74. The standard InChI is InChI=1S/C13H27N/c1-12(2)8-7-11-14-13-9-5-3-4-6-10-13/h12-14H,3-11H2,1-2H3. The van der Waals surface area contributed by atoms with Gasteiger partial charge < -0.3 is 5.32 Å². The fourth-order valence-electron chi connectivity index (χ4n) is 2.30. The summed E-state index contributed by atoms with van der Waals surface area (Å²) in [5, 5.41) is 3.72. The third-order valence-electron chi connectivity index (χ3n) is 3.25. The Kier molecular flexibility index (Phi) is 6.25. The Morgan fingerprint density at radius 1 is 1.07 bits per heavy atom. The van der Waals surface area contributed by atoms with E-state index in [4.69, 9.17) is 0 Å². The summed E-state index contributed by atoms with van der Waals surface area (Å²) in [7, 11) is 0. The molecule has 0 atom stereocenters. The summed E-state index contributed by atoms with van der Waals surface area (Å²) in [5.74, 6) is 0.867. The van der Waals surface area contributed by atoms with Crippen molar-refractivity contribution in [1.82, 2.24) is 5.32 Å². The second kappa shape index (κ2) is 7.28. The normalized spacial score (nSPS) is 19.9. The van der Waals surface area contributed by atoms with Gasteiger partial charge in [-0.2, -0.15) is 0 Å². The van der Waals surface area contributed by atoms with Gasteiger partial charge in [0.15, 0.2) is 0 Å². The third-order valence-corrected chi connectivity index (χ3v) is 3.25. The van der Waals surface area contributed by atoms with Crippen molar-refractivity contribution >= 4 is 0 Å². The summed E-state index contributed by atoms with van der Waals surface area (Å²) in [4.78, 5) is 0.